The van der Waals surface area contributed by atoms with Crippen LogP contribution >= 0.6 is 0 Å². The minimum atomic E-state index is -3.52. The first-order valence-corrected chi connectivity index (χ1v) is 11.3. The van der Waals surface area contributed by atoms with E-state index in [9.17, 15) is 13.2 Å². The Labute approximate surface area is 167 Å². The fourth-order valence-electron chi connectivity index (χ4n) is 3.53. The number of nitrogens with one attached hydrogen (secondary N) is 1. The van der Waals surface area contributed by atoms with Crippen LogP contribution in [-0.2, 0) is 14.8 Å². The molecule has 1 fully saturated rings. The van der Waals surface area contributed by atoms with E-state index in [2.05, 4.69) is 5.32 Å². The lowest BCUT2D eigenvalue weighted by Gasteiger charge is -2.26. The molecule has 0 radical (unpaired) electrons. The maximum Gasteiger partial charge on any atom is 0.243 e. The molecule has 1 heterocycles. The van der Waals surface area contributed by atoms with Crippen LogP contribution in [0.25, 0.3) is 0 Å². The second kappa shape index (κ2) is 8.88. The normalized spacial score (nSPS) is 16.5. The molecule has 0 spiro atoms. The number of hydrogen-bond acceptors (Lipinski definition) is 3. The van der Waals surface area contributed by atoms with Gasteiger partial charge in [0, 0.05) is 25.2 Å². The molecule has 1 aliphatic heterocycles. The topological polar surface area (TPSA) is 66.5 Å². The second-order valence-corrected chi connectivity index (χ2v) is 9.44. The third kappa shape index (κ3) is 4.80. The lowest BCUT2D eigenvalue weighted by molar-refractivity contribution is -0.116. The summed E-state index contributed by atoms with van der Waals surface area (Å²) in [6, 6.07) is 14.9. The summed E-state index contributed by atoms with van der Waals surface area (Å²) in [5, 5.41) is 2.90. The second-order valence-electron chi connectivity index (χ2n) is 7.51. The number of carbonyl (C=O) groups is 1. The Morgan fingerprint density at radius 1 is 1.07 bits per heavy atom. The number of rotatable bonds is 6. The highest BCUT2D eigenvalue weighted by Gasteiger charge is 2.26. The predicted octanol–water partition coefficient (Wildman–Crippen LogP) is 4.30. The average molecular weight is 401 g/mol. The molecule has 2 aromatic rings. The maximum atomic E-state index is 12.9. The molecular weight excluding hydrogens is 372 g/mol. The van der Waals surface area contributed by atoms with Crippen LogP contribution in [-0.4, -0.2) is 31.7 Å². The Balaban J connectivity index is 1.73. The molecule has 5 nitrogen and oxygen atoms in total. The van der Waals surface area contributed by atoms with E-state index < -0.39 is 10.0 Å². The highest BCUT2D eigenvalue weighted by Crippen LogP contribution is 2.26. The van der Waals surface area contributed by atoms with Gasteiger partial charge in [0.1, 0.15) is 0 Å². The molecular formula is C22H28N2O3S. The number of nitrogens with zero attached hydrogens (tertiary/aromatic N) is 1. The van der Waals surface area contributed by atoms with Crippen LogP contribution in [0.3, 0.4) is 0 Å². The van der Waals surface area contributed by atoms with Crippen molar-refractivity contribution in [2.24, 2.45) is 0 Å². The van der Waals surface area contributed by atoms with Gasteiger partial charge in [-0.3, -0.25) is 4.79 Å². The highest BCUT2D eigenvalue weighted by atomic mass is 32.2. The summed E-state index contributed by atoms with van der Waals surface area (Å²) in [6.07, 6.45) is 3.20. The first-order chi connectivity index (χ1) is 13.4. The van der Waals surface area contributed by atoms with Crippen molar-refractivity contribution in [3.63, 3.8) is 0 Å². The molecule has 150 valence electrons. The summed E-state index contributed by atoms with van der Waals surface area (Å²) in [7, 11) is -3.52. The number of amides is 1. The van der Waals surface area contributed by atoms with Crippen molar-refractivity contribution >= 4 is 21.6 Å². The maximum absolute atomic E-state index is 12.9. The van der Waals surface area contributed by atoms with Crippen LogP contribution < -0.4 is 5.32 Å². The van der Waals surface area contributed by atoms with E-state index in [0.717, 1.165) is 30.4 Å². The zero-order valence-corrected chi connectivity index (χ0v) is 17.3. The van der Waals surface area contributed by atoms with E-state index in [1.54, 1.807) is 22.5 Å². The molecule has 2 aromatic carbocycles. The molecule has 0 aliphatic carbocycles. The number of hydrogen-bond donors (Lipinski definition) is 1. The largest absolute Gasteiger partial charge is 0.326 e. The minimum Gasteiger partial charge on any atom is -0.326 e. The number of carbonyl (C=O) groups excluding carboxylic acids is 1. The summed E-state index contributed by atoms with van der Waals surface area (Å²) in [4.78, 5) is 12.8. The van der Waals surface area contributed by atoms with Crippen LogP contribution in [0.5, 0.6) is 0 Å². The van der Waals surface area contributed by atoms with Crippen LogP contribution in [0.2, 0.25) is 0 Å². The van der Waals surface area contributed by atoms with Gasteiger partial charge in [0.25, 0.3) is 0 Å². The van der Waals surface area contributed by atoms with Crippen molar-refractivity contribution < 1.29 is 13.2 Å². The number of anilines is 1. The zero-order valence-electron chi connectivity index (χ0n) is 16.5. The molecule has 0 aromatic heterocycles. The van der Waals surface area contributed by atoms with Crippen molar-refractivity contribution in [3.05, 3.63) is 59.7 Å². The molecule has 1 aliphatic rings. The number of piperidine rings is 1. The van der Waals surface area contributed by atoms with Crippen molar-refractivity contribution in [3.8, 4) is 0 Å². The molecule has 0 unspecified atom stereocenters. The van der Waals surface area contributed by atoms with E-state index in [0.29, 0.717) is 25.2 Å². The Morgan fingerprint density at radius 2 is 1.75 bits per heavy atom. The molecule has 3 rings (SSSR count). The van der Waals surface area contributed by atoms with E-state index in [4.69, 9.17) is 0 Å². The summed E-state index contributed by atoms with van der Waals surface area (Å²) in [6.45, 7) is 5.01. The molecule has 1 saturated heterocycles. The van der Waals surface area contributed by atoms with Gasteiger partial charge < -0.3 is 5.32 Å². The van der Waals surface area contributed by atoms with Crippen LogP contribution in [0.15, 0.2) is 53.4 Å². The predicted molar refractivity (Wildman–Crippen MR) is 112 cm³/mol. The molecule has 6 heteroatoms. The Kier molecular flexibility index (Phi) is 6.52. The third-order valence-corrected chi connectivity index (χ3v) is 7.19. The van der Waals surface area contributed by atoms with Gasteiger partial charge in [-0.15, -0.1) is 0 Å². The Hall–Kier alpha value is -2.18. The summed E-state index contributed by atoms with van der Waals surface area (Å²) < 4.78 is 27.4. The lowest BCUT2D eigenvalue weighted by Crippen LogP contribution is -2.35. The monoisotopic (exact) mass is 400 g/mol. The third-order valence-electron chi connectivity index (χ3n) is 5.30. The van der Waals surface area contributed by atoms with Crippen LogP contribution in [0.4, 0.5) is 5.69 Å². The molecule has 1 atom stereocenters. The van der Waals surface area contributed by atoms with E-state index in [1.807, 2.05) is 44.2 Å². The quantitative estimate of drug-likeness (QED) is 0.786. The van der Waals surface area contributed by atoms with Gasteiger partial charge in [0.05, 0.1) is 4.90 Å². The van der Waals surface area contributed by atoms with Crippen molar-refractivity contribution in [2.75, 3.05) is 18.4 Å². The molecule has 0 saturated carbocycles. The van der Waals surface area contributed by atoms with Crippen LogP contribution in [0.1, 0.15) is 49.7 Å². The van der Waals surface area contributed by atoms with E-state index >= 15 is 0 Å². The number of aryl methyl sites for hydroxylation is 1. The first-order valence-electron chi connectivity index (χ1n) is 9.83. The van der Waals surface area contributed by atoms with Crippen LogP contribution in [0, 0.1) is 6.92 Å². The molecule has 1 N–H and O–H groups in total. The van der Waals surface area contributed by atoms with E-state index in [-0.39, 0.29) is 16.7 Å². The van der Waals surface area contributed by atoms with Gasteiger partial charge in [0.2, 0.25) is 15.9 Å². The van der Waals surface area contributed by atoms with Gasteiger partial charge in [-0.25, -0.2) is 8.42 Å². The van der Waals surface area contributed by atoms with Gasteiger partial charge in [-0.05, 0) is 48.9 Å². The van der Waals surface area contributed by atoms with Crippen molar-refractivity contribution in [2.45, 2.75) is 50.3 Å². The smallest absolute Gasteiger partial charge is 0.243 e. The Morgan fingerprint density at radius 3 is 2.43 bits per heavy atom. The summed E-state index contributed by atoms with van der Waals surface area (Å²) in [5.41, 5.74) is 2.51. The zero-order chi connectivity index (χ0) is 20.1. The van der Waals surface area contributed by atoms with Gasteiger partial charge >= 0.3 is 0 Å². The fraction of sp³-hybridized carbons (Fsp3) is 0.409. The fourth-order valence-corrected chi connectivity index (χ4v) is 5.07. The van der Waals surface area contributed by atoms with Gasteiger partial charge in [-0.2, -0.15) is 4.31 Å². The van der Waals surface area contributed by atoms with Crippen molar-refractivity contribution in [1.29, 1.82) is 0 Å². The highest BCUT2D eigenvalue weighted by molar-refractivity contribution is 7.89. The molecule has 0 bridgehead atoms. The summed E-state index contributed by atoms with van der Waals surface area (Å²) >= 11 is 0. The van der Waals surface area contributed by atoms with Crippen molar-refractivity contribution in [1.82, 2.24) is 4.31 Å². The van der Waals surface area contributed by atoms with Gasteiger partial charge in [0.15, 0.2) is 0 Å². The Bertz CT molecular complexity index is 920. The first kappa shape index (κ1) is 20.6. The average Bonchev–Trinajstić information content (AvgIpc) is 2.70. The van der Waals surface area contributed by atoms with Gasteiger partial charge in [-0.1, -0.05) is 49.7 Å². The standard InChI is InChI=1S/C22H28N2O3S/c1-17-11-12-20(28(26,27)24-13-7-4-8-14-24)16-21(17)23-22(25)15-18(2)19-9-5-3-6-10-19/h3,5-6,9-12,16,18H,4,7-8,13-15H2,1-2H3,(H,23,25)/t18-/m1/s1. The number of benzene rings is 2. The SMILES string of the molecule is Cc1ccc(S(=O)(=O)N2CCCCC2)cc1NC(=O)C[C@@H](C)c1ccccc1. The molecule has 28 heavy (non-hydrogen) atoms. The molecule has 1 amide bonds. The number of sulfonamides is 1. The lowest BCUT2D eigenvalue weighted by atomic mass is 9.97. The minimum absolute atomic E-state index is 0.0850. The summed E-state index contributed by atoms with van der Waals surface area (Å²) in [5.74, 6) is -0.0336. The van der Waals surface area contributed by atoms with E-state index in [1.165, 1.54) is 0 Å².